The summed E-state index contributed by atoms with van der Waals surface area (Å²) in [5.41, 5.74) is 1.23. The fourth-order valence-corrected chi connectivity index (χ4v) is 3.42. The lowest BCUT2D eigenvalue weighted by molar-refractivity contribution is -0.129. The van der Waals surface area contributed by atoms with Gasteiger partial charge in [0.05, 0.1) is 23.7 Å². The number of anilines is 1. The number of rotatable bonds is 7. The Hall–Kier alpha value is -3.09. The molecule has 0 saturated carbocycles. The second-order valence-corrected chi connectivity index (χ2v) is 7.84. The first kappa shape index (κ1) is 22.6. The van der Waals surface area contributed by atoms with E-state index in [1.807, 2.05) is 42.5 Å². The molecule has 160 valence electrons. The van der Waals surface area contributed by atoms with Crippen LogP contribution in [-0.4, -0.2) is 30.3 Å². The summed E-state index contributed by atoms with van der Waals surface area (Å²) in [5, 5.41) is 10.5. The first-order valence-electron chi connectivity index (χ1n) is 9.62. The molecule has 0 aliphatic carbocycles. The van der Waals surface area contributed by atoms with Gasteiger partial charge in [-0.3, -0.25) is 14.4 Å². The molecule has 0 aromatic heterocycles. The standard InChI is InChI=1S/C23H21Cl2N3O3/c1-14(23(31)26-13-22(30)28-20-12-17(24)9-10-19(20)25)27-21(29)11-16-7-4-6-15-5-2-3-8-18(15)16/h2-10,12,14H,11,13H2,1H3,(H,26,31)(H,27,29)(H,28,30)/t14-/m1/s1. The van der Waals surface area contributed by atoms with Crippen LogP contribution < -0.4 is 16.0 Å². The summed E-state index contributed by atoms with van der Waals surface area (Å²) in [5.74, 6) is -1.22. The van der Waals surface area contributed by atoms with Crippen LogP contribution in [0.4, 0.5) is 5.69 Å². The fourth-order valence-electron chi connectivity index (χ4n) is 3.09. The number of hydrogen-bond acceptors (Lipinski definition) is 3. The minimum Gasteiger partial charge on any atom is -0.345 e. The molecular weight excluding hydrogens is 437 g/mol. The van der Waals surface area contributed by atoms with E-state index >= 15 is 0 Å². The molecule has 31 heavy (non-hydrogen) atoms. The molecule has 1 atom stereocenters. The number of amides is 3. The number of nitrogens with one attached hydrogen (secondary N) is 3. The van der Waals surface area contributed by atoms with Gasteiger partial charge in [0.15, 0.2) is 0 Å². The average Bonchev–Trinajstić information content (AvgIpc) is 2.74. The van der Waals surface area contributed by atoms with Crippen LogP contribution >= 0.6 is 23.2 Å². The maximum Gasteiger partial charge on any atom is 0.243 e. The number of hydrogen-bond donors (Lipinski definition) is 3. The smallest absolute Gasteiger partial charge is 0.243 e. The minimum atomic E-state index is -0.801. The molecule has 0 aliphatic rings. The van der Waals surface area contributed by atoms with Crippen molar-refractivity contribution in [2.24, 2.45) is 0 Å². The average molecular weight is 458 g/mol. The van der Waals surface area contributed by atoms with E-state index in [-0.39, 0.29) is 18.9 Å². The van der Waals surface area contributed by atoms with E-state index in [4.69, 9.17) is 23.2 Å². The molecule has 0 heterocycles. The van der Waals surface area contributed by atoms with Crippen molar-refractivity contribution in [3.63, 3.8) is 0 Å². The zero-order chi connectivity index (χ0) is 22.4. The molecule has 8 heteroatoms. The van der Waals surface area contributed by atoms with Gasteiger partial charge in [-0.1, -0.05) is 65.7 Å². The Morgan fingerprint density at radius 2 is 1.68 bits per heavy atom. The van der Waals surface area contributed by atoms with Gasteiger partial charge >= 0.3 is 0 Å². The normalized spacial score (nSPS) is 11.6. The Morgan fingerprint density at radius 3 is 2.48 bits per heavy atom. The third-order valence-electron chi connectivity index (χ3n) is 4.63. The molecule has 3 aromatic carbocycles. The van der Waals surface area contributed by atoms with Gasteiger partial charge in [-0.05, 0) is 41.5 Å². The minimum absolute atomic E-state index is 0.146. The molecule has 0 radical (unpaired) electrons. The number of carbonyl (C=O) groups excluding carboxylic acids is 3. The third-order valence-corrected chi connectivity index (χ3v) is 5.19. The van der Waals surface area contributed by atoms with E-state index in [0.29, 0.717) is 15.7 Å². The Morgan fingerprint density at radius 1 is 0.935 bits per heavy atom. The molecule has 3 amide bonds. The van der Waals surface area contributed by atoms with Crippen molar-refractivity contribution in [2.75, 3.05) is 11.9 Å². The highest BCUT2D eigenvalue weighted by Gasteiger charge is 2.17. The Labute approximate surface area is 189 Å². The molecule has 0 spiro atoms. The highest BCUT2D eigenvalue weighted by Crippen LogP contribution is 2.25. The van der Waals surface area contributed by atoms with Gasteiger partial charge in [0, 0.05) is 5.02 Å². The van der Waals surface area contributed by atoms with Gasteiger partial charge in [-0.15, -0.1) is 0 Å². The molecular formula is C23H21Cl2N3O3. The quantitative estimate of drug-likeness (QED) is 0.501. The van der Waals surface area contributed by atoms with Crippen molar-refractivity contribution in [3.05, 3.63) is 76.3 Å². The lowest BCUT2D eigenvalue weighted by atomic mass is 10.0. The molecule has 0 aliphatic heterocycles. The predicted octanol–water partition coefficient (Wildman–Crippen LogP) is 3.95. The van der Waals surface area contributed by atoms with Crippen molar-refractivity contribution in [3.8, 4) is 0 Å². The van der Waals surface area contributed by atoms with E-state index in [0.717, 1.165) is 16.3 Å². The summed E-state index contributed by atoms with van der Waals surface area (Å²) in [4.78, 5) is 36.8. The molecule has 3 aromatic rings. The van der Waals surface area contributed by atoms with Gasteiger partial charge < -0.3 is 16.0 Å². The SMILES string of the molecule is C[C@@H](NC(=O)Cc1cccc2ccccc12)C(=O)NCC(=O)Nc1cc(Cl)ccc1Cl. The van der Waals surface area contributed by atoms with E-state index < -0.39 is 17.9 Å². The monoisotopic (exact) mass is 457 g/mol. The van der Waals surface area contributed by atoms with Crippen LogP contribution in [0.3, 0.4) is 0 Å². The zero-order valence-electron chi connectivity index (χ0n) is 16.7. The van der Waals surface area contributed by atoms with Crippen LogP contribution in [0.1, 0.15) is 12.5 Å². The molecule has 0 saturated heterocycles. The summed E-state index contributed by atoms with van der Waals surface area (Å²) in [6.07, 6.45) is 0.146. The van der Waals surface area contributed by atoms with Crippen molar-refractivity contribution < 1.29 is 14.4 Å². The van der Waals surface area contributed by atoms with Gasteiger partial charge in [0.2, 0.25) is 17.7 Å². The Bertz CT molecular complexity index is 1130. The first-order chi connectivity index (χ1) is 14.8. The lowest BCUT2D eigenvalue weighted by Crippen LogP contribution is -2.47. The van der Waals surface area contributed by atoms with E-state index in [1.54, 1.807) is 19.1 Å². The van der Waals surface area contributed by atoms with Gasteiger partial charge in [-0.25, -0.2) is 0 Å². The third kappa shape index (κ3) is 6.20. The van der Waals surface area contributed by atoms with Gasteiger partial charge in [-0.2, -0.15) is 0 Å². The Balaban J connectivity index is 1.50. The van der Waals surface area contributed by atoms with Crippen LogP contribution in [-0.2, 0) is 20.8 Å². The summed E-state index contributed by atoms with van der Waals surface area (Å²) in [7, 11) is 0. The molecule has 6 nitrogen and oxygen atoms in total. The maximum absolute atomic E-state index is 12.4. The lowest BCUT2D eigenvalue weighted by Gasteiger charge is -2.15. The largest absolute Gasteiger partial charge is 0.345 e. The summed E-state index contributed by atoms with van der Waals surface area (Å²) >= 11 is 11.9. The highest BCUT2D eigenvalue weighted by atomic mass is 35.5. The Kier molecular flexibility index (Phi) is 7.50. The van der Waals surface area contributed by atoms with Crippen LogP contribution in [0.2, 0.25) is 10.0 Å². The van der Waals surface area contributed by atoms with E-state index in [1.165, 1.54) is 6.07 Å². The maximum atomic E-state index is 12.4. The zero-order valence-corrected chi connectivity index (χ0v) is 18.3. The molecule has 3 N–H and O–H groups in total. The van der Waals surface area contributed by atoms with Crippen molar-refractivity contribution in [1.29, 1.82) is 0 Å². The molecule has 3 rings (SSSR count). The number of halogens is 2. The van der Waals surface area contributed by atoms with Crippen molar-refractivity contribution >= 4 is 57.4 Å². The van der Waals surface area contributed by atoms with Crippen molar-refractivity contribution in [1.82, 2.24) is 10.6 Å². The number of fused-ring (bicyclic) bond motifs is 1. The molecule has 0 bridgehead atoms. The first-order valence-corrected chi connectivity index (χ1v) is 10.4. The second kappa shape index (κ2) is 10.3. The number of carbonyl (C=O) groups is 3. The number of benzene rings is 3. The summed E-state index contributed by atoms with van der Waals surface area (Å²) < 4.78 is 0. The summed E-state index contributed by atoms with van der Waals surface area (Å²) in [6, 6.07) is 17.4. The molecule has 0 fully saturated rings. The van der Waals surface area contributed by atoms with Crippen LogP contribution in [0.15, 0.2) is 60.7 Å². The van der Waals surface area contributed by atoms with E-state index in [9.17, 15) is 14.4 Å². The van der Waals surface area contributed by atoms with Gasteiger partial charge in [0.1, 0.15) is 6.04 Å². The van der Waals surface area contributed by atoms with Gasteiger partial charge in [0.25, 0.3) is 0 Å². The molecule has 0 unspecified atom stereocenters. The summed E-state index contributed by atoms with van der Waals surface area (Å²) in [6.45, 7) is 1.29. The predicted molar refractivity (Wildman–Crippen MR) is 123 cm³/mol. The van der Waals surface area contributed by atoms with Crippen LogP contribution in [0, 0.1) is 0 Å². The topological polar surface area (TPSA) is 87.3 Å². The second-order valence-electron chi connectivity index (χ2n) is 6.99. The van der Waals surface area contributed by atoms with Crippen molar-refractivity contribution in [2.45, 2.75) is 19.4 Å². The van der Waals surface area contributed by atoms with E-state index in [2.05, 4.69) is 16.0 Å². The van der Waals surface area contributed by atoms with Crippen LogP contribution in [0.25, 0.3) is 10.8 Å². The highest BCUT2D eigenvalue weighted by molar-refractivity contribution is 6.35. The fraction of sp³-hybridized carbons (Fsp3) is 0.174. The van der Waals surface area contributed by atoms with Crippen LogP contribution in [0.5, 0.6) is 0 Å².